The molecule has 0 aromatic carbocycles. The summed E-state index contributed by atoms with van der Waals surface area (Å²) < 4.78 is 0. The molecule has 0 aromatic rings. The Hall–Kier alpha value is -0.990. The second kappa shape index (κ2) is 5.33. The van der Waals surface area contributed by atoms with E-state index in [2.05, 4.69) is 11.6 Å². The minimum atomic E-state index is -0.146. The van der Waals surface area contributed by atoms with Crippen molar-refractivity contribution in [2.24, 2.45) is 23.2 Å². The molecule has 5 rings (SSSR count). The van der Waals surface area contributed by atoms with Gasteiger partial charge in [-0.2, -0.15) is 0 Å². The van der Waals surface area contributed by atoms with Crippen LogP contribution >= 0.6 is 0 Å². The molecule has 0 unspecified atom stereocenters. The predicted octanol–water partition coefficient (Wildman–Crippen LogP) is 4.10. The maximum Gasteiger partial charge on any atom is 0.338 e. The minimum Gasteiger partial charge on any atom is -0.343 e. The quantitative estimate of drug-likeness (QED) is 0.795. The van der Waals surface area contributed by atoms with Crippen LogP contribution in [0, 0.1) is 23.2 Å². The minimum absolute atomic E-state index is 0.0340. The first-order chi connectivity index (χ1) is 10.2. The predicted molar refractivity (Wildman–Crippen MR) is 81.0 cm³/mol. The monoisotopic (exact) mass is 289 g/mol. The summed E-state index contributed by atoms with van der Waals surface area (Å²) >= 11 is 0. The zero-order valence-electron chi connectivity index (χ0n) is 12.9. The summed E-state index contributed by atoms with van der Waals surface area (Å²) in [5, 5.41) is 0. The summed E-state index contributed by atoms with van der Waals surface area (Å²) in [7, 11) is 0. The van der Waals surface area contributed by atoms with Gasteiger partial charge in [0.15, 0.2) is 0 Å². The Bertz CT molecular complexity index is 419. The summed E-state index contributed by atoms with van der Waals surface area (Å²) in [6, 6.07) is 0. The Kier molecular flexibility index (Phi) is 3.47. The van der Waals surface area contributed by atoms with Crippen molar-refractivity contribution in [2.45, 2.75) is 70.6 Å². The van der Waals surface area contributed by atoms with E-state index in [1.807, 2.05) is 0 Å². The van der Waals surface area contributed by atoms with Crippen LogP contribution in [-0.2, 0) is 9.63 Å². The second-order valence-corrected chi connectivity index (χ2v) is 8.02. The summed E-state index contributed by atoms with van der Waals surface area (Å²) in [4.78, 5) is 18.3. The zero-order valence-corrected chi connectivity index (χ0v) is 12.9. The Morgan fingerprint density at radius 2 is 1.71 bits per heavy atom. The number of rotatable bonds is 3. The van der Waals surface area contributed by atoms with Crippen molar-refractivity contribution in [2.75, 3.05) is 0 Å². The van der Waals surface area contributed by atoms with Crippen LogP contribution in [0.3, 0.4) is 0 Å². The Balaban J connectivity index is 1.39. The molecule has 4 saturated carbocycles. The van der Waals surface area contributed by atoms with Crippen LogP contribution in [0.4, 0.5) is 0 Å². The van der Waals surface area contributed by atoms with Crippen molar-refractivity contribution in [1.82, 2.24) is 5.48 Å². The third-order valence-corrected chi connectivity index (χ3v) is 6.29. The van der Waals surface area contributed by atoms with Gasteiger partial charge in [0.05, 0.1) is 5.41 Å². The van der Waals surface area contributed by atoms with Gasteiger partial charge >= 0.3 is 5.97 Å². The van der Waals surface area contributed by atoms with Crippen molar-refractivity contribution in [1.29, 1.82) is 0 Å². The van der Waals surface area contributed by atoms with E-state index >= 15 is 0 Å². The van der Waals surface area contributed by atoms with Crippen LogP contribution < -0.4 is 5.48 Å². The molecule has 0 aliphatic heterocycles. The molecule has 116 valence electrons. The average molecular weight is 289 g/mol. The third kappa shape index (κ3) is 2.60. The van der Waals surface area contributed by atoms with Gasteiger partial charge in [0.1, 0.15) is 0 Å². The van der Waals surface area contributed by atoms with E-state index in [1.54, 1.807) is 0 Å². The molecule has 0 heterocycles. The maximum atomic E-state index is 12.7. The molecule has 0 atom stereocenters. The number of allylic oxidation sites excluding steroid dienone is 2. The standard InChI is InChI=1S/C18H27NO2/c20-17(21-19-16-5-3-1-2-4-6-16)18-10-13-7-14(11-18)9-15(8-13)12-18/h5,13-15,19H,1-4,6-12H2. The first-order valence-electron chi connectivity index (χ1n) is 8.90. The summed E-state index contributed by atoms with van der Waals surface area (Å²) in [6.45, 7) is 0. The zero-order chi connectivity index (χ0) is 14.3. The first kappa shape index (κ1) is 13.7. The number of hydroxylamine groups is 1. The van der Waals surface area contributed by atoms with Gasteiger partial charge < -0.3 is 4.84 Å². The van der Waals surface area contributed by atoms with Gasteiger partial charge in [-0.15, -0.1) is 0 Å². The molecule has 0 saturated heterocycles. The highest BCUT2D eigenvalue weighted by Crippen LogP contribution is 2.60. The SMILES string of the molecule is O=C(ONC1=CCCCCC1)C12CC3CC(CC(C3)C1)C2. The first-order valence-corrected chi connectivity index (χ1v) is 8.90. The summed E-state index contributed by atoms with van der Waals surface area (Å²) in [5.41, 5.74) is 3.97. The van der Waals surface area contributed by atoms with E-state index in [0.717, 1.165) is 55.6 Å². The van der Waals surface area contributed by atoms with Gasteiger partial charge in [-0.25, -0.2) is 10.3 Å². The molecule has 3 nitrogen and oxygen atoms in total. The van der Waals surface area contributed by atoms with E-state index in [9.17, 15) is 4.79 Å². The molecule has 0 radical (unpaired) electrons. The molecule has 0 spiro atoms. The summed E-state index contributed by atoms with van der Waals surface area (Å²) in [6.07, 6.45) is 15.4. The van der Waals surface area contributed by atoms with Crippen LogP contribution in [0.5, 0.6) is 0 Å². The molecular weight excluding hydrogens is 262 g/mol. The summed E-state index contributed by atoms with van der Waals surface area (Å²) in [5.74, 6) is 2.41. The number of carbonyl (C=O) groups excluding carboxylic acids is 1. The van der Waals surface area contributed by atoms with Gasteiger partial charge in [0, 0.05) is 5.70 Å². The molecule has 21 heavy (non-hydrogen) atoms. The number of hydrogen-bond acceptors (Lipinski definition) is 3. The lowest BCUT2D eigenvalue weighted by Gasteiger charge is -2.54. The van der Waals surface area contributed by atoms with Crippen LogP contribution in [-0.4, -0.2) is 5.97 Å². The van der Waals surface area contributed by atoms with Crippen LogP contribution in [0.15, 0.2) is 11.8 Å². The highest BCUT2D eigenvalue weighted by molar-refractivity contribution is 5.77. The van der Waals surface area contributed by atoms with Crippen molar-refractivity contribution in [3.63, 3.8) is 0 Å². The molecular formula is C18H27NO2. The molecule has 5 aliphatic rings. The normalized spacial score (nSPS) is 41.3. The Morgan fingerprint density at radius 3 is 2.38 bits per heavy atom. The second-order valence-electron chi connectivity index (χ2n) is 8.02. The van der Waals surface area contributed by atoms with Gasteiger partial charge in [0.25, 0.3) is 0 Å². The van der Waals surface area contributed by atoms with E-state index in [0.29, 0.717) is 0 Å². The van der Waals surface area contributed by atoms with Crippen LogP contribution in [0.1, 0.15) is 70.6 Å². The van der Waals surface area contributed by atoms with Gasteiger partial charge in [-0.1, -0.05) is 12.5 Å². The highest BCUT2D eigenvalue weighted by atomic mass is 16.7. The van der Waals surface area contributed by atoms with Crippen LogP contribution in [0.25, 0.3) is 0 Å². The smallest absolute Gasteiger partial charge is 0.338 e. The van der Waals surface area contributed by atoms with E-state index in [-0.39, 0.29) is 11.4 Å². The molecule has 4 fully saturated rings. The van der Waals surface area contributed by atoms with Gasteiger partial charge in [-0.05, 0) is 82.0 Å². The largest absolute Gasteiger partial charge is 0.343 e. The fourth-order valence-corrected chi connectivity index (χ4v) is 5.69. The topological polar surface area (TPSA) is 38.3 Å². The van der Waals surface area contributed by atoms with Crippen molar-refractivity contribution >= 4 is 5.97 Å². The molecule has 0 amide bonds. The fourth-order valence-electron chi connectivity index (χ4n) is 5.69. The third-order valence-electron chi connectivity index (χ3n) is 6.29. The molecule has 5 aliphatic carbocycles. The van der Waals surface area contributed by atoms with E-state index in [4.69, 9.17) is 4.84 Å². The maximum absolute atomic E-state index is 12.7. The lowest BCUT2D eigenvalue weighted by molar-refractivity contribution is -0.177. The van der Waals surface area contributed by atoms with Gasteiger partial charge in [-0.3, -0.25) is 0 Å². The Labute approximate surface area is 127 Å². The molecule has 0 aromatic heterocycles. The number of nitrogens with one attached hydrogen (secondary N) is 1. The number of carbonyl (C=O) groups is 1. The lowest BCUT2D eigenvalue weighted by Crippen LogP contribution is -2.51. The van der Waals surface area contributed by atoms with E-state index < -0.39 is 0 Å². The Morgan fingerprint density at radius 1 is 1.05 bits per heavy atom. The molecule has 4 bridgehead atoms. The van der Waals surface area contributed by atoms with Crippen LogP contribution in [0.2, 0.25) is 0 Å². The molecule has 3 heteroatoms. The van der Waals surface area contributed by atoms with Crippen molar-refractivity contribution in [3.05, 3.63) is 11.8 Å². The average Bonchev–Trinajstić information content (AvgIpc) is 2.72. The van der Waals surface area contributed by atoms with Crippen molar-refractivity contribution < 1.29 is 9.63 Å². The lowest BCUT2D eigenvalue weighted by atomic mass is 9.49. The van der Waals surface area contributed by atoms with Crippen molar-refractivity contribution in [3.8, 4) is 0 Å². The fraction of sp³-hybridized carbons (Fsp3) is 0.833. The molecule has 1 N–H and O–H groups in total. The number of hydrogen-bond donors (Lipinski definition) is 1. The van der Waals surface area contributed by atoms with E-state index in [1.165, 1.54) is 38.5 Å². The highest BCUT2D eigenvalue weighted by Gasteiger charge is 2.55. The van der Waals surface area contributed by atoms with Gasteiger partial charge in [0.2, 0.25) is 0 Å².